The number of imide groups is 2. The minimum atomic E-state index is -0.942. The van der Waals surface area contributed by atoms with E-state index in [-0.39, 0.29) is 42.0 Å². The molecule has 1 aromatic carbocycles. The summed E-state index contributed by atoms with van der Waals surface area (Å²) in [7, 11) is 0. The maximum absolute atomic E-state index is 12.8. The second-order valence-corrected chi connectivity index (χ2v) is 7.48. The van der Waals surface area contributed by atoms with E-state index in [9.17, 15) is 19.2 Å². The van der Waals surface area contributed by atoms with Gasteiger partial charge in [0.2, 0.25) is 11.8 Å². The van der Waals surface area contributed by atoms with Crippen LogP contribution in [-0.4, -0.2) is 46.7 Å². The Kier molecular flexibility index (Phi) is 4.43. The van der Waals surface area contributed by atoms with Crippen LogP contribution in [0.2, 0.25) is 0 Å². The molecule has 2 heterocycles. The van der Waals surface area contributed by atoms with Crippen molar-refractivity contribution in [2.24, 2.45) is 5.73 Å². The van der Waals surface area contributed by atoms with Crippen LogP contribution in [-0.2, 0) is 9.59 Å². The summed E-state index contributed by atoms with van der Waals surface area (Å²) in [6.45, 7) is 0. The number of anilines is 1. The first-order chi connectivity index (χ1) is 12.9. The van der Waals surface area contributed by atoms with Crippen molar-refractivity contribution in [1.82, 2.24) is 10.2 Å². The molecular formula is C19H22N4O4. The first kappa shape index (κ1) is 17.7. The van der Waals surface area contributed by atoms with Crippen molar-refractivity contribution in [3.05, 3.63) is 29.3 Å². The monoisotopic (exact) mass is 370 g/mol. The Morgan fingerprint density at radius 3 is 2.56 bits per heavy atom. The lowest BCUT2D eigenvalue weighted by Gasteiger charge is -2.28. The van der Waals surface area contributed by atoms with E-state index in [2.05, 4.69) is 10.6 Å². The summed E-state index contributed by atoms with van der Waals surface area (Å²) in [6.07, 6.45) is 4.23. The summed E-state index contributed by atoms with van der Waals surface area (Å²) in [6, 6.07) is 4.54. The molecule has 0 radical (unpaired) electrons. The third-order valence-corrected chi connectivity index (χ3v) is 5.53. The van der Waals surface area contributed by atoms with Gasteiger partial charge < -0.3 is 11.1 Å². The number of nitrogens with one attached hydrogen (secondary N) is 2. The summed E-state index contributed by atoms with van der Waals surface area (Å²) in [5, 5.41) is 5.59. The van der Waals surface area contributed by atoms with Gasteiger partial charge in [0, 0.05) is 24.2 Å². The van der Waals surface area contributed by atoms with E-state index in [4.69, 9.17) is 5.73 Å². The van der Waals surface area contributed by atoms with Gasteiger partial charge in [-0.2, -0.15) is 0 Å². The van der Waals surface area contributed by atoms with Crippen LogP contribution in [0.4, 0.5) is 5.69 Å². The molecule has 2 fully saturated rings. The molecule has 4 amide bonds. The lowest BCUT2D eigenvalue weighted by molar-refractivity contribution is -0.136. The molecular weight excluding hydrogens is 348 g/mol. The summed E-state index contributed by atoms with van der Waals surface area (Å²) in [4.78, 5) is 49.9. The van der Waals surface area contributed by atoms with Gasteiger partial charge in [0.15, 0.2) is 0 Å². The van der Waals surface area contributed by atoms with Crippen LogP contribution >= 0.6 is 0 Å². The van der Waals surface area contributed by atoms with Crippen molar-refractivity contribution in [3.8, 4) is 0 Å². The molecule has 1 saturated heterocycles. The van der Waals surface area contributed by atoms with E-state index in [1.54, 1.807) is 18.2 Å². The lowest BCUT2D eigenvalue weighted by Crippen LogP contribution is -2.54. The first-order valence-electron chi connectivity index (χ1n) is 9.32. The number of benzene rings is 1. The Morgan fingerprint density at radius 1 is 1.04 bits per heavy atom. The second-order valence-electron chi connectivity index (χ2n) is 7.48. The van der Waals surface area contributed by atoms with Crippen LogP contribution in [0, 0.1) is 0 Å². The molecule has 2 aliphatic heterocycles. The molecule has 1 aliphatic carbocycles. The van der Waals surface area contributed by atoms with Gasteiger partial charge >= 0.3 is 0 Å². The number of rotatable bonds is 3. The van der Waals surface area contributed by atoms with Gasteiger partial charge in [-0.1, -0.05) is 0 Å². The summed E-state index contributed by atoms with van der Waals surface area (Å²) in [5.41, 5.74) is 7.36. The smallest absolute Gasteiger partial charge is 0.262 e. The predicted molar refractivity (Wildman–Crippen MR) is 97.0 cm³/mol. The molecule has 142 valence electrons. The van der Waals surface area contributed by atoms with Crippen molar-refractivity contribution < 1.29 is 19.2 Å². The molecule has 8 nitrogen and oxygen atoms in total. The van der Waals surface area contributed by atoms with Gasteiger partial charge in [0.25, 0.3) is 11.8 Å². The second kappa shape index (κ2) is 6.77. The Balaban J connectivity index is 1.54. The number of carbonyl (C=O) groups is 4. The number of hydrogen-bond donors (Lipinski definition) is 3. The number of nitrogens with zero attached hydrogens (tertiary/aromatic N) is 1. The predicted octanol–water partition coefficient (Wildman–Crippen LogP) is 0.770. The highest BCUT2D eigenvalue weighted by atomic mass is 16.2. The maximum atomic E-state index is 12.8. The number of hydrogen-bond acceptors (Lipinski definition) is 6. The zero-order valence-electron chi connectivity index (χ0n) is 14.9. The average Bonchev–Trinajstić information content (AvgIpc) is 2.86. The maximum Gasteiger partial charge on any atom is 0.262 e. The SMILES string of the molecule is NC1CCCC(Nc2ccc3c(c2)C(=O)N(C2CCC(=O)NC2=O)C3=O)C1. The van der Waals surface area contributed by atoms with Crippen molar-refractivity contribution in [2.75, 3.05) is 5.32 Å². The molecule has 3 atom stereocenters. The van der Waals surface area contributed by atoms with E-state index in [0.29, 0.717) is 0 Å². The molecule has 3 unspecified atom stereocenters. The minimum Gasteiger partial charge on any atom is -0.382 e. The molecule has 4 N–H and O–H groups in total. The van der Waals surface area contributed by atoms with Gasteiger partial charge in [0.05, 0.1) is 11.1 Å². The van der Waals surface area contributed by atoms with Crippen LogP contribution in [0.15, 0.2) is 18.2 Å². The van der Waals surface area contributed by atoms with E-state index >= 15 is 0 Å². The molecule has 8 heteroatoms. The number of carbonyl (C=O) groups excluding carboxylic acids is 4. The van der Waals surface area contributed by atoms with Crippen LogP contribution in [0.25, 0.3) is 0 Å². The number of fused-ring (bicyclic) bond motifs is 1. The van der Waals surface area contributed by atoms with Gasteiger partial charge in [0.1, 0.15) is 6.04 Å². The number of piperidine rings is 1. The number of nitrogens with two attached hydrogens (primary N) is 1. The summed E-state index contributed by atoms with van der Waals surface area (Å²) < 4.78 is 0. The van der Waals surface area contributed by atoms with E-state index in [0.717, 1.165) is 36.3 Å². The fraction of sp³-hybridized carbons (Fsp3) is 0.474. The van der Waals surface area contributed by atoms with Crippen LogP contribution in [0.1, 0.15) is 59.2 Å². The molecule has 4 rings (SSSR count). The van der Waals surface area contributed by atoms with Crippen molar-refractivity contribution in [1.29, 1.82) is 0 Å². The molecule has 0 bridgehead atoms. The Labute approximate surface area is 156 Å². The molecule has 1 saturated carbocycles. The number of amides is 4. The standard InChI is InChI=1S/C19H22N4O4/c20-10-2-1-3-11(8-10)21-12-4-5-13-14(9-12)19(27)23(18(13)26)15-6-7-16(24)22-17(15)25/h4-5,9-11,15,21H,1-3,6-8,20H2,(H,22,24,25). The zero-order valence-corrected chi connectivity index (χ0v) is 14.9. The Hall–Kier alpha value is -2.74. The van der Waals surface area contributed by atoms with Gasteiger partial charge in [-0.05, 0) is 50.3 Å². The van der Waals surface area contributed by atoms with E-state index in [1.807, 2.05) is 0 Å². The molecule has 3 aliphatic rings. The quantitative estimate of drug-likeness (QED) is 0.676. The van der Waals surface area contributed by atoms with Crippen LogP contribution in [0.3, 0.4) is 0 Å². The van der Waals surface area contributed by atoms with E-state index in [1.165, 1.54) is 0 Å². The van der Waals surface area contributed by atoms with Crippen LogP contribution < -0.4 is 16.4 Å². The largest absolute Gasteiger partial charge is 0.382 e. The van der Waals surface area contributed by atoms with Gasteiger partial charge in [-0.3, -0.25) is 29.4 Å². The van der Waals surface area contributed by atoms with Crippen molar-refractivity contribution in [3.63, 3.8) is 0 Å². The Bertz CT molecular complexity index is 837. The lowest BCUT2D eigenvalue weighted by atomic mass is 9.91. The zero-order chi connectivity index (χ0) is 19.1. The Morgan fingerprint density at radius 2 is 1.81 bits per heavy atom. The summed E-state index contributed by atoms with van der Waals surface area (Å²) in [5.74, 6) is -1.97. The topological polar surface area (TPSA) is 122 Å². The van der Waals surface area contributed by atoms with Gasteiger partial charge in [-0.25, -0.2) is 0 Å². The molecule has 1 aromatic rings. The van der Waals surface area contributed by atoms with Gasteiger partial charge in [-0.15, -0.1) is 0 Å². The fourth-order valence-corrected chi connectivity index (χ4v) is 4.16. The van der Waals surface area contributed by atoms with Crippen molar-refractivity contribution >= 4 is 29.3 Å². The van der Waals surface area contributed by atoms with E-state index < -0.39 is 23.8 Å². The third kappa shape index (κ3) is 3.21. The first-order valence-corrected chi connectivity index (χ1v) is 9.32. The van der Waals surface area contributed by atoms with Crippen LogP contribution in [0.5, 0.6) is 0 Å². The fourth-order valence-electron chi connectivity index (χ4n) is 4.16. The highest BCUT2D eigenvalue weighted by molar-refractivity contribution is 6.23. The molecule has 27 heavy (non-hydrogen) atoms. The summed E-state index contributed by atoms with van der Waals surface area (Å²) >= 11 is 0. The average molecular weight is 370 g/mol. The normalized spacial score (nSPS) is 28.2. The highest BCUT2D eigenvalue weighted by Gasteiger charge is 2.44. The highest BCUT2D eigenvalue weighted by Crippen LogP contribution is 2.30. The molecule has 0 spiro atoms. The minimum absolute atomic E-state index is 0.110. The molecule has 0 aromatic heterocycles. The third-order valence-electron chi connectivity index (χ3n) is 5.53. The van der Waals surface area contributed by atoms with Crippen molar-refractivity contribution in [2.45, 2.75) is 56.7 Å².